The molecular formula is C15H20N4O2. The minimum atomic E-state index is 0.0109. The number of aryl methyl sites for hydroxylation is 1. The van der Waals surface area contributed by atoms with Crippen molar-refractivity contribution in [3.63, 3.8) is 0 Å². The monoisotopic (exact) mass is 288 g/mol. The Labute approximate surface area is 124 Å². The zero-order valence-corrected chi connectivity index (χ0v) is 12.4. The first-order valence-corrected chi connectivity index (χ1v) is 7.14. The third kappa shape index (κ3) is 4.98. The highest BCUT2D eigenvalue weighted by atomic mass is 16.4. The number of carbonyl (C=O) groups excluding carboxylic acids is 1. The number of hydrogen-bond donors (Lipinski definition) is 1. The number of nitrogens with one attached hydrogen (secondary N) is 1. The average Bonchev–Trinajstić information content (AvgIpc) is 2.94. The molecule has 2 aromatic heterocycles. The molecule has 6 nitrogen and oxygen atoms in total. The first kappa shape index (κ1) is 15.2. The van der Waals surface area contributed by atoms with Crippen molar-refractivity contribution in [1.29, 1.82) is 0 Å². The van der Waals surface area contributed by atoms with Crippen LogP contribution >= 0.6 is 0 Å². The summed E-state index contributed by atoms with van der Waals surface area (Å²) < 4.78 is 5.52. The molecule has 0 saturated heterocycles. The van der Waals surface area contributed by atoms with Gasteiger partial charge in [0.05, 0.1) is 5.56 Å². The summed E-state index contributed by atoms with van der Waals surface area (Å²) in [6.07, 6.45) is 5.13. The van der Waals surface area contributed by atoms with E-state index in [2.05, 4.69) is 34.3 Å². The van der Waals surface area contributed by atoms with Crippen LogP contribution in [0.3, 0.4) is 0 Å². The predicted octanol–water partition coefficient (Wildman–Crippen LogP) is 2.23. The molecule has 0 radical (unpaired) electrons. The van der Waals surface area contributed by atoms with Crippen LogP contribution < -0.4 is 5.32 Å². The summed E-state index contributed by atoms with van der Waals surface area (Å²) in [5, 5.41) is 10.8. The van der Waals surface area contributed by atoms with Gasteiger partial charge in [-0.1, -0.05) is 13.8 Å². The lowest BCUT2D eigenvalue weighted by molar-refractivity contribution is -0.121. The average molecular weight is 288 g/mol. The molecule has 0 aromatic carbocycles. The summed E-state index contributed by atoms with van der Waals surface area (Å²) in [6.45, 7) is 4.97. The lowest BCUT2D eigenvalue weighted by Gasteiger charge is -2.06. The summed E-state index contributed by atoms with van der Waals surface area (Å²) in [5.74, 6) is 1.49. The number of carbonyl (C=O) groups is 1. The summed E-state index contributed by atoms with van der Waals surface area (Å²) in [4.78, 5) is 15.7. The molecule has 0 aliphatic heterocycles. The highest BCUT2D eigenvalue weighted by Gasteiger charge is 2.10. The van der Waals surface area contributed by atoms with E-state index < -0.39 is 0 Å². The normalized spacial score (nSPS) is 10.8. The lowest BCUT2D eigenvalue weighted by atomic mass is 10.1. The number of hydrogen-bond acceptors (Lipinski definition) is 5. The van der Waals surface area contributed by atoms with E-state index in [1.54, 1.807) is 18.5 Å². The smallest absolute Gasteiger partial charge is 0.249 e. The molecule has 2 rings (SSSR count). The van der Waals surface area contributed by atoms with E-state index in [0.717, 1.165) is 12.0 Å². The van der Waals surface area contributed by atoms with E-state index in [9.17, 15) is 4.79 Å². The highest BCUT2D eigenvalue weighted by molar-refractivity contribution is 5.75. The first-order valence-electron chi connectivity index (χ1n) is 7.14. The number of aromatic nitrogens is 3. The Morgan fingerprint density at radius 3 is 2.95 bits per heavy atom. The SMILES string of the molecule is CC(C)CCNC(=O)CCc1nnc(-c2cccnc2)o1. The van der Waals surface area contributed by atoms with Crippen molar-refractivity contribution in [3.05, 3.63) is 30.4 Å². The van der Waals surface area contributed by atoms with Crippen LogP contribution in [0.1, 0.15) is 32.6 Å². The number of amides is 1. The predicted molar refractivity (Wildman–Crippen MR) is 78.3 cm³/mol. The van der Waals surface area contributed by atoms with E-state index >= 15 is 0 Å². The molecule has 0 fully saturated rings. The molecule has 1 N–H and O–H groups in total. The summed E-state index contributed by atoms with van der Waals surface area (Å²) in [6, 6.07) is 3.66. The van der Waals surface area contributed by atoms with Gasteiger partial charge in [-0.3, -0.25) is 9.78 Å². The van der Waals surface area contributed by atoms with E-state index in [-0.39, 0.29) is 5.91 Å². The Bertz CT molecular complexity index is 566. The van der Waals surface area contributed by atoms with E-state index in [1.807, 2.05) is 6.07 Å². The zero-order chi connectivity index (χ0) is 15.1. The van der Waals surface area contributed by atoms with Gasteiger partial charge >= 0.3 is 0 Å². The van der Waals surface area contributed by atoms with Gasteiger partial charge in [0.15, 0.2) is 0 Å². The Kier molecular flexibility index (Phi) is 5.43. The van der Waals surface area contributed by atoms with Crippen LogP contribution in [-0.2, 0) is 11.2 Å². The zero-order valence-electron chi connectivity index (χ0n) is 12.4. The van der Waals surface area contributed by atoms with Crippen LogP contribution in [0.4, 0.5) is 0 Å². The minimum absolute atomic E-state index is 0.0109. The number of rotatable bonds is 7. The van der Waals surface area contributed by atoms with Gasteiger partial charge in [-0.05, 0) is 24.5 Å². The molecule has 0 aliphatic carbocycles. The Hall–Kier alpha value is -2.24. The van der Waals surface area contributed by atoms with Crippen LogP contribution in [-0.4, -0.2) is 27.6 Å². The maximum atomic E-state index is 11.7. The van der Waals surface area contributed by atoms with Crippen molar-refractivity contribution in [2.75, 3.05) is 6.54 Å². The van der Waals surface area contributed by atoms with Crippen molar-refractivity contribution in [2.45, 2.75) is 33.1 Å². The quantitative estimate of drug-likeness (QED) is 0.845. The number of nitrogens with zero attached hydrogens (tertiary/aromatic N) is 3. The molecule has 0 atom stereocenters. The van der Waals surface area contributed by atoms with Crippen LogP contribution in [0.25, 0.3) is 11.5 Å². The molecule has 2 aromatic rings. The van der Waals surface area contributed by atoms with Crippen molar-refractivity contribution in [2.24, 2.45) is 5.92 Å². The second kappa shape index (κ2) is 7.52. The van der Waals surface area contributed by atoms with Crippen LogP contribution in [0, 0.1) is 5.92 Å². The summed E-state index contributed by atoms with van der Waals surface area (Å²) in [7, 11) is 0. The van der Waals surface area contributed by atoms with Gasteiger partial charge in [0, 0.05) is 31.8 Å². The van der Waals surface area contributed by atoms with Crippen molar-refractivity contribution >= 4 is 5.91 Å². The lowest BCUT2D eigenvalue weighted by Crippen LogP contribution is -2.25. The highest BCUT2D eigenvalue weighted by Crippen LogP contribution is 2.16. The van der Waals surface area contributed by atoms with Crippen molar-refractivity contribution in [1.82, 2.24) is 20.5 Å². The molecule has 0 unspecified atom stereocenters. The van der Waals surface area contributed by atoms with Gasteiger partial charge in [-0.15, -0.1) is 10.2 Å². The molecule has 112 valence electrons. The Morgan fingerprint density at radius 1 is 1.38 bits per heavy atom. The molecule has 6 heteroatoms. The van der Waals surface area contributed by atoms with Gasteiger partial charge in [0.2, 0.25) is 17.7 Å². The van der Waals surface area contributed by atoms with Gasteiger partial charge in [0.25, 0.3) is 0 Å². The van der Waals surface area contributed by atoms with Gasteiger partial charge in [0.1, 0.15) is 0 Å². The fourth-order valence-corrected chi connectivity index (χ4v) is 1.77. The topological polar surface area (TPSA) is 80.9 Å². The van der Waals surface area contributed by atoms with Gasteiger partial charge in [-0.2, -0.15) is 0 Å². The maximum absolute atomic E-state index is 11.7. The molecule has 0 bridgehead atoms. The summed E-state index contributed by atoms with van der Waals surface area (Å²) in [5.41, 5.74) is 0.776. The molecule has 0 aliphatic rings. The van der Waals surface area contributed by atoms with Crippen molar-refractivity contribution in [3.8, 4) is 11.5 Å². The largest absolute Gasteiger partial charge is 0.421 e. The molecular weight excluding hydrogens is 268 g/mol. The fraction of sp³-hybridized carbons (Fsp3) is 0.467. The third-order valence-electron chi connectivity index (χ3n) is 2.99. The third-order valence-corrected chi connectivity index (χ3v) is 2.99. The summed E-state index contributed by atoms with van der Waals surface area (Å²) >= 11 is 0. The molecule has 21 heavy (non-hydrogen) atoms. The van der Waals surface area contributed by atoms with Crippen LogP contribution in [0.5, 0.6) is 0 Å². The fourth-order valence-electron chi connectivity index (χ4n) is 1.77. The van der Waals surface area contributed by atoms with Gasteiger partial charge in [-0.25, -0.2) is 0 Å². The van der Waals surface area contributed by atoms with Crippen LogP contribution in [0.2, 0.25) is 0 Å². The minimum Gasteiger partial charge on any atom is -0.421 e. The Balaban J connectivity index is 1.79. The van der Waals surface area contributed by atoms with Crippen molar-refractivity contribution < 1.29 is 9.21 Å². The Morgan fingerprint density at radius 2 is 2.24 bits per heavy atom. The van der Waals surface area contributed by atoms with E-state index in [1.165, 1.54) is 0 Å². The van der Waals surface area contributed by atoms with Crippen LogP contribution in [0.15, 0.2) is 28.9 Å². The molecule has 0 spiro atoms. The standard InChI is InChI=1S/C15H20N4O2/c1-11(2)7-9-17-13(20)5-6-14-18-19-15(21-14)12-4-3-8-16-10-12/h3-4,8,10-11H,5-7,9H2,1-2H3,(H,17,20). The maximum Gasteiger partial charge on any atom is 0.249 e. The van der Waals surface area contributed by atoms with Gasteiger partial charge < -0.3 is 9.73 Å². The molecule has 0 saturated carbocycles. The molecule has 1 amide bonds. The van der Waals surface area contributed by atoms with E-state index in [0.29, 0.717) is 37.1 Å². The second-order valence-corrected chi connectivity index (χ2v) is 5.28. The number of pyridine rings is 1. The first-order chi connectivity index (χ1) is 10.1. The molecule has 2 heterocycles. The van der Waals surface area contributed by atoms with E-state index in [4.69, 9.17) is 4.42 Å². The second-order valence-electron chi connectivity index (χ2n) is 5.28.